The van der Waals surface area contributed by atoms with Gasteiger partial charge in [0.25, 0.3) is 0 Å². The smallest absolute Gasteiger partial charge is 0.142 e. The van der Waals surface area contributed by atoms with Gasteiger partial charge in [-0.1, -0.05) is 36.7 Å². The van der Waals surface area contributed by atoms with E-state index in [4.69, 9.17) is 16.3 Å². The van der Waals surface area contributed by atoms with Crippen molar-refractivity contribution in [3.63, 3.8) is 0 Å². The lowest BCUT2D eigenvalue weighted by atomic mass is 10.0. The van der Waals surface area contributed by atoms with E-state index in [0.29, 0.717) is 18.6 Å². The van der Waals surface area contributed by atoms with E-state index in [1.165, 1.54) is 12.1 Å². The molecule has 1 unspecified atom stereocenters. The maximum Gasteiger partial charge on any atom is 0.142 e. The Morgan fingerprint density at radius 2 is 2.05 bits per heavy atom. The number of benzene rings is 2. The third-order valence-electron chi connectivity index (χ3n) is 3.13. The molecule has 0 saturated carbocycles. The van der Waals surface area contributed by atoms with Gasteiger partial charge >= 0.3 is 0 Å². The highest BCUT2D eigenvalue weighted by molar-refractivity contribution is 6.30. The van der Waals surface area contributed by atoms with Gasteiger partial charge in [-0.2, -0.15) is 0 Å². The highest BCUT2D eigenvalue weighted by Gasteiger charge is 2.11. The van der Waals surface area contributed by atoms with Gasteiger partial charge in [-0.25, -0.2) is 4.39 Å². The van der Waals surface area contributed by atoms with E-state index >= 15 is 0 Å². The Bertz CT molecular complexity index is 601. The third-order valence-corrected chi connectivity index (χ3v) is 3.44. The molecule has 1 N–H and O–H groups in total. The second kappa shape index (κ2) is 7.43. The normalized spacial score (nSPS) is 12.2. The van der Waals surface area contributed by atoms with Crippen molar-refractivity contribution >= 4 is 11.6 Å². The van der Waals surface area contributed by atoms with Crippen LogP contribution < -0.4 is 4.74 Å². The predicted octanol–water partition coefficient (Wildman–Crippen LogP) is 4.54. The molecule has 0 fully saturated rings. The number of aliphatic hydroxyl groups excluding tert-OH is 1. The van der Waals surface area contributed by atoms with Crippen molar-refractivity contribution < 1.29 is 14.2 Å². The molecule has 112 valence electrons. The average Bonchev–Trinajstić information content (AvgIpc) is 2.49. The van der Waals surface area contributed by atoms with Gasteiger partial charge in [-0.3, -0.25) is 0 Å². The maximum atomic E-state index is 13.4. The molecule has 0 aliphatic carbocycles. The number of aliphatic hydroxyl groups is 1. The van der Waals surface area contributed by atoms with Crippen LogP contribution in [0.4, 0.5) is 4.39 Å². The van der Waals surface area contributed by atoms with Crippen molar-refractivity contribution in [1.29, 1.82) is 0 Å². The van der Waals surface area contributed by atoms with Crippen molar-refractivity contribution in [2.75, 3.05) is 6.61 Å². The Hall–Kier alpha value is -1.58. The molecule has 0 aromatic heterocycles. The Balaban J connectivity index is 2.08. The minimum Gasteiger partial charge on any atom is -0.494 e. The molecule has 2 aromatic carbocycles. The zero-order valence-electron chi connectivity index (χ0n) is 11.9. The van der Waals surface area contributed by atoms with E-state index in [-0.39, 0.29) is 5.02 Å². The fourth-order valence-electron chi connectivity index (χ4n) is 2.04. The molecule has 0 radical (unpaired) electrons. The maximum absolute atomic E-state index is 13.4. The fourth-order valence-corrected chi connectivity index (χ4v) is 2.16. The lowest BCUT2D eigenvalue weighted by molar-refractivity contribution is 0.177. The van der Waals surface area contributed by atoms with Crippen molar-refractivity contribution in [1.82, 2.24) is 0 Å². The Labute approximate surface area is 129 Å². The van der Waals surface area contributed by atoms with Crippen molar-refractivity contribution in [3.8, 4) is 5.75 Å². The van der Waals surface area contributed by atoms with E-state index < -0.39 is 11.9 Å². The summed E-state index contributed by atoms with van der Waals surface area (Å²) in [6.45, 7) is 2.68. The molecule has 0 spiro atoms. The number of halogens is 2. The molecular formula is C17H18ClFO2. The van der Waals surface area contributed by atoms with E-state index in [0.717, 1.165) is 17.7 Å². The summed E-state index contributed by atoms with van der Waals surface area (Å²) in [6, 6.07) is 11.9. The first-order valence-electron chi connectivity index (χ1n) is 6.95. The first kappa shape index (κ1) is 15.8. The molecule has 4 heteroatoms. The zero-order valence-corrected chi connectivity index (χ0v) is 12.6. The summed E-state index contributed by atoms with van der Waals surface area (Å²) in [7, 11) is 0. The van der Waals surface area contributed by atoms with Gasteiger partial charge in [-0.05, 0) is 41.8 Å². The number of rotatable bonds is 6. The zero-order chi connectivity index (χ0) is 15.2. The van der Waals surface area contributed by atoms with Gasteiger partial charge in [0.1, 0.15) is 11.6 Å². The summed E-state index contributed by atoms with van der Waals surface area (Å²) < 4.78 is 18.9. The molecule has 0 amide bonds. The van der Waals surface area contributed by atoms with Crippen molar-refractivity contribution in [2.24, 2.45) is 0 Å². The number of hydrogen-bond acceptors (Lipinski definition) is 2. The monoisotopic (exact) mass is 308 g/mol. The molecule has 0 aliphatic heterocycles. The molecule has 0 bridgehead atoms. The summed E-state index contributed by atoms with van der Waals surface area (Å²) >= 11 is 5.65. The van der Waals surface area contributed by atoms with E-state index in [1.807, 2.05) is 31.2 Å². The first-order valence-corrected chi connectivity index (χ1v) is 7.32. The highest BCUT2D eigenvalue weighted by atomic mass is 35.5. The predicted molar refractivity (Wildman–Crippen MR) is 82.3 cm³/mol. The topological polar surface area (TPSA) is 29.5 Å². The minimum absolute atomic E-state index is 0.0863. The number of ether oxygens (including phenoxy) is 1. The van der Waals surface area contributed by atoms with Crippen LogP contribution in [0.25, 0.3) is 0 Å². The van der Waals surface area contributed by atoms with E-state index in [2.05, 4.69) is 0 Å². The minimum atomic E-state index is -0.712. The molecule has 0 heterocycles. The average molecular weight is 309 g/mol. The van der Waals surface area contributed by atoms with Gasteiger partial charge in [0.05, 0.1) is 17.7 Å². The number of hydrogen-bond donors (Lipinski definition) is 1. The first-order chi connectivity index (χ1) is 10.1. The summed E-state index contributed by atoms with van der Waals surface area (Å²) in [5, 5.41) is 10.4. The lowest BCUT2D eigenvalue weighted by Gasteiger charge is -2.13. The largest absolute Gasteiger partial charge is 0.494 e. The molecular weight excluding hydrogens is 291 g/mol. The van der Waals surface area contributed by atoms with Crippen LogP contribution in [-0.2, 0) is 6.42 Å². The van der Waals surface area contributed by atoms with Crippen LogP contribution in [0.2, 0.25) is 5.02 Å². The van der Waals surface area contributed by atoms with Crippen LogP contribution in [0.3, 0.4) is 0 Å². The van der Waals surface area contributed by atoms with Crippen LogP contribution in [0.15, 0.2) is 42.5 Å². The molecule has 0 aliphatic rings. The van der Waals surface area contributed by atoms with Crippen molar-refractivity contribution in [3.05, 3.63) is 64.4 Å². The molecule has 2 rings (SSSR count). The van der Waals surface area contributed by atoms with Gasteiger partial charge < -0.3 is 9.84 Å². The van der Waals surface area contributed by atoms with Gasteiger partial charge in [-0.15, -0.1) is 0 Å². The molecule has 21 heavy (non-hydrogen) atoms. The van der Waals surface area contributed by atoms with E-state index in [9.17, 15) is 9.50 Å². The van der Waals surface area contributed by atoms with Crippen molar-refractivity contribution in [2.45, 2.75) is 25.9 Å². The lowest BCUT2D eigenvalue weighted by Crippen LogP contribution is -2.03. The molecule has 2 aromatic rings. The fraction of sp³-hybridized carbons (Fsp3) is 0.294. The third kappa shape index (κ3) is 4.45. The van der Waals surface area contributed by atoms with Crippen LogP contribution in [0, 0.1) is 5.82 Å². The Kier molecular flexibility index (Phi) is 5.59. The Morgan fingerprint density at radius 1 is 1.24 bits per heavy atom. The molecule has 0 saturated heterocycles. The van der Waals surface area contributed by atoms with Gasteiger partial charge in [0.15, 0.2) is 0 Å². The SMILES string of the molecule is CCCOc1cccc(C(O)Cc2ccc(Cl)c(F)c2)c1. The van der Waals surface area contributed by atoms with Crippen LogP contribution in [0.5, 0.6) is 5.75 Å². The van der Waals surface area contributed by atoms with Crippen LogP contribution in [0.1, 0.15) is 30.6 Å². The van der Waals surface area contributed by atoms with Gasteiger partial charge in [0.2, 0.25) is 0 Å². The second-order valence-electron chi connectivity index (χ2n) is 4.89. The molecule has 1 atom stereocenters. The molecule has 2 nitrogen and oxygen atoms in total. The summed E-state index contributed by atoms with van der Waals surface area (Å²) in [5.41, 5.74) is 1.45. The summed E-state index contributed by atoms with van der Waals surface area (Å²) in [4.78, 5) is 0. The second-order valence-corrected chi connectivity index (χ2v) is 5.30. The summed E-state index contributed by atoms with van der Waals surface area (Å²) in [5.74, 6) is 0.261. The Morgan fingerprint density at radius 3 is 2.76 bits per heavy atom. The highest BCUT2D eigenvalue weighted by Crippen LogP contribution is 2.24. The summed E-state index contributed by atoms with van der Waals surface area (Å²) in [6.07, 6.45) is 0.540. The van der Waals surface area contributed by atoms with Crippen LogP contribution in [-0.4, -0.2) is 11.7 Å². The quantitative estimate of drug-likeness (QED) is 0.848. The van der Waals surface area contributed by atoms with Crippen LogP contribution >= 0.6 is 11.6 Å². The standard InChI is InChI=1S/C17H18ClFO2/c1-2-8-21-14-5-3-4-13(11-14)17(20)10-12-6-7-15(18)16(19)9-12/h3-7,9,11,17,20H,2,8,10H2,1H3. The van der Waals surface area contributed by atoms with E-state index in [1.54, 1.807) is 6.07 Å². The van der Waals surface area contributed by atoms with Gasteiger partial charge in [0, 0.05) is 6.42 Å².